The van der Waals surface area contributed by atoms with Crippen molar-refractivity contribution in [3.05, 3.63) is 0 Å². The molecule has 3 nitrogen and oxygen atoms in total. The van der Waals surface area contributed by atoms with Gasteiger partial charge in [0.15, 0.2) is 0 Å². The normalized spacial score (nSPS) is 25.4. The van der Waals surface area contributed by atoms with Gasteiger partial charge < -0.3 is 10.0 Å². The van der Waals surface area contributed by atoms with Gasteiger partial charge in [-0.25, -0.2) is 0 Å². The van der Waals surface area contributed by atoms with Gasteiger partial charge >= 0.3 is 5.97 Å². The number of carbonyl (C=O) groups is 1. The summed E-state index contributed by atoms with van der Waals surface area (Å²) in [4.78, 5) is 13.9. The van der Waals surface area contributed by atoms with Gasteiger partial charge in [0.25, 0.3) is 0 Å². The fourth-order valence-electron chi connectivity index (χ4n) is 3.39. The Morgan fingerprint density at radius 1 is 1.28 bits per heavy atom. The van der Waals surface area contributed by atoms with Crippen LogP contribution in [0, 0.1) is 11.3 Å². The van der Waals surface area contributed by atoms with E-state index in [1.54, 1.807) is 0 Å². The first-order chi connectivity index (χ1) is 8.46. The third kappa shape index (κ3) is 3.25. The quantitative estimate of drug-likeness (QED) is 0.791. The Balaban J connectivity index is 2.71. The van der Waals surface area contributed by atoms with E-state index in [1.165, 1.54) is 25.7 Å². The van der Waals surface area contributed by atoms with Crippen molar-refractivity contribution in [2.45, 2.75) is 65.3 Å². The van der Waals surface area contributed by atoms with E-state index in [4.69, 9.17) is 0 Å². The van der Waals surface area contributed by atoms with Crippen LogP contribution in [0.4, 0.5) is 0 Å². The summed E-state index contributed by atoms with van der Waals surface area (Å²) in [5.41, 5.74) is -0.564. The highest BCUT2D eigenvalue weighted by Gasteiger charge is 2.38. The molecule has 18 heavy (non-hydrogen) atoms. The van der Waals surface area contributed by atoms with Crippen molar-refractivity contribution in [2.24, 2.45) is 11.3 Å². The van der Waals surface area contributed by atoms with Crippen LogP contribution in [0.5, 0.6) is 0 Å². The Kier molecular flexibility index (Phi) is 5.64. The van der Waals surface area contributed by atoms with Gasteiger partial charge in [-0.15, -0.1) is 0 Å². The molecular weight excluding hydrogens is 226 g/mol. The summed E-state index contributed by atoms with van der Waals surface area (Å²) in [6, 6.07) is 0.565. The maximum Gasteiger partial charge on any atom is 0.310 e. The molecule has 0 heterocycles. The van der Waals surface area contributed by atoms with Crippen molar-refractivity contribution in [2.75, 3.05) is 13.6 Å². The third-order valence-corrected chi connectivity index (χ3v) is 4.99. The summed E-state index contributed by atoms with van der Waals surface area (Å²) in [6.07, 6.45) is 6.55. The Bertz CT molecular complexity index is 274. The number of rotatable bonds is 6. The zero-order valence-corrected chi connectivity index (χ0v) is 12.4. The molecule has 1 saturated carbocycles. The monoisotopic (exact) mass is 255 g/mol. The number of carboxylic acids is 1. The summed E-state index contributed by atoms with van der Waals surface area (Å²) in [5.74, 6) is 0.0618. The van der Waals surface area contributed by atoms with Crippen LogP contribution >= 0.6 is 0 Å². The highest BCUT2D eigenvalue weighted by atomic mass is 16.4. The van der Waals surface area contributed by atoms with E-state index in [1.807, 2.05) is 13.8 Å². The van der Waals surface area contributed by atoms with Crippen molar-refractivity contribution >= 4 is 5.97 Å². The minimum Gasteiger partial charge on any atom is -0.481 e. The van der Waals surface area contributed by atoms with Gasteiger partial charge in [0.1, 0.15) is 0 Å². The van der Waals surface area contributed by atoms with Crippen LogP contribution < -0.4 is 0 Å². The molecule has 0 spiro atoms. The summed E-state index contributed by atoms with van der Waals surface area (Å²) < 4.78 is 0. The molecule has 0 amide bonds. The topological polar surface area (TPSA) is 40.5 Å². The average Bonchev–Trinajstić information content (AvgIpc) is 2.36. The molecule has 0 aromatic heterocycles. The Hall–Kier alpha value is -0.570. The highest BCUT2D eigenvalue weighted by Crippen LogP contribution is 2.32. The molecule has 1 aliphatic rings. The lowest BCUT2D eigenvalue weighted by atomic mass is 9.79. The smallest absolute Gasteiger partial charge is 0.310 e. The lowest BCUT2D eigenvalue weighted by molar-refractivity contribution is -0.151. The van der Waals surface area contributed by atoms with E-state index in [-0.39, 0.29) is 0 Å². The molecule has 0 bridgehead atoms. The molecule has 0 aromatic rings. The van der Waals surface area contributed by atoms with Crippen LogP contribution in [0.25, 0.3) is 0 Å². The molecule has 1 aliphatic carbocycles. The van der Waals surface area contributed by atoms with E-state index < -0.39 is 11.4 Å². The summed E-state index contributed by atoms with van der Waals surface area (Å²) in [7, 11) is 2.11. The molecule has 2 unspecified atom stereocenters. The SMILES string of the molecule is CCC(CC)(CN(C)C1CCCCC1C)C(=O)O. The van der Waals surface area contributed by atoms with E-state index in [0.717, 1.165) is 0 Å². The van der Waals surface area contributed by atoms with Gasteiger partial charge in [-0.1, -0.05) is 33.6 Å². The zero-order chi connectivity index (χ0) is 13.8. The van der Waals surface area contributed by atoms with Crippen molar-refractivity contribution in [1.29, 1.82) is 0 Å². The fraction of sp³-hybridized carbons (Fsp3) is 0.933. The van der Waals surface area contributed by atoms with E-state index in [0.29, 0.717) is 31.3 Å². The third-order valence-electron chi connectivity index (χ3n) is 4.99. The number of hydrogen-bond acceptors (Lipinski definition) is 2. The second kappa shape index (κ2) is 6.55. The highest BCUT2D eigenvalue weighted by molar-refractivity contribution is 5.74. The molecule has 0 radical (unpaired) electrons. The first kappa shape index (κ1) is 15.5. The molecule has 106 valence electrons. The average molecular weight is 255 g/mol. The molecule has 0 aliphatic heterocycles. The molecule has 3 heteroatoms. The molecular formula is C15H29NO2. The summed E-state index contributed by atoms with van der Waals surface area (Å²) in [6.45, 7) is 6.98. The van der Waals surface area contributed by atoms with Gasteiger partial charge in [0.05, 0.1) is 5.41 Å². The van der Waals surface area contributed by atoms with Crippen molar-refractivity contribution < 1.29 is 9.90 Å². The Labute approximate surface area is 112 Å². The maximum atomic E-state index is 11.6. The second-order valence-electron chi connectivity index (χ2n) is 6.04. The standard InChI is InChI=1S/C15H29NO2/c1-5-15(6-2,14(17)18)11-16(4)13-10-8-7-9-12(13)3/h12-13H,5-11H2,1-4H3,(H,17,18). The fourth-order valence-corrected chi connectivity index (χ4v) is 3.39. The predicted molar refractivity (Wildman–Crippen MR) is 74.7 cm³/mol. The largest absolute Gasteiger partial charge is 0.481 e. The van der Waals surface area contributed by atoms with Crippen LogP contribution in [0.2, 0.25) is 0 Å². The van der Waals surface area contributed by atoms with E-state index in [9.17, 15) is 9.90 Å². The minimum absolute atomic E-state index is 0.564. The van der Waals surface area contributed by atoms with Gasteiger partial charge in [-0.05, 0) is 38.6 Å². The minimum atomic E-state index is -0.636. The lowest BCUT2D eigenvalue weighted by Gasteiger charge is -2.40. The van der Waals surface area contributed by atoms with Crippen LogP contribution in [0.1, 0.15) is 59.3 Å². The number of nitrogens with zero attached hydrogens (tertiary/aromatic N) is 1. The van der Waals surface area contributed by atoms with Crippen molar-refractivity contribution in [1.82, 2.24) is 4.90 Å². The lowest BCUT2D eigenvalue weighted by Crippen LogP contribution is -2.47. The molecule has 1 fully saturated rings. The molecule has 1 N–H and O–H groups in total. The van der Waals surface area contributed by atoms with E-state index >= 15 is 0 Å². The number of carboxylic acid groups (broad SMARTS) is 1. The molecule has 2 atom stereocenters. The first-order valence-electron chi connectivity index (χ1n) is 7.40. The van der Waals surface area contributed by atoms with Gasteiger partial charge in [-0.3, -0.25) is 4.79 Å². The van der Waals surface area contributed by atoms with Crippen molar-refractivity contribution in [3.63, 3.8) is 0 Å². The zero-order valence-electron chi connectivity index (χ0n) is 12.4. The maximum absolute atomic E-state index is 11.6. The van der Waals surface area contributed by atoms with Crippen LogP contribution in [0.3, 0.4) is 0 Å². The first-order valence-corrected chi connectivity index (χ1v) is 7.40. The van der Waals surface area contributed by atoms with Crippen LogP contribution in [-0.2, 0) is 4.79 Å². The number of hydrogen-bond donors (Lipinski definition) is 1. The van der Waals surface area contributed by atoms with Gasteiger partial charge in [0.2, 0.25) is 0 Å². The van der Waals surface area contributed by atoms with Crippen LogP contribution in [0.15, 0.2) is 0 Å². The number of aliphatic carboxylic acids is 1. The Morgan fingerprint density at radius 3 is 2.28 bits per heavy atom. The van der Waals surface area contributed by atoms with Crippen molar-refractivity contribution in [3.8, 4) is 0 Å². The second-order valence-corrected chi connectivity index (χ2v) is 6.04. The molecule has 0 saturated heterocycles. The predicted octanol–water partition coefficient (Wildman–Crippen LogP) is 3.39. The van der Waals surface area contributed by atoms with Gasteiger partial charge in [-0.2, -0.15) is 0 Å². The summed E-state index contributed by atoms with van der Waals surface area (Å²) >= 11 is 0. The van der Waals surface area contributed by atoms with E-state index in [2.05, 4.69) is 18.9 Å². The van der Waals surface area contributed by atoms with Gasteiger partial charge in [0, 0.05) is 12.6 Å². The summed E-state index contributed by atoms with van der Waals surface area (Å²) in [5, 5.41) is 9.51. The van der Waals surface area contributed by atoms with Crippen LogP contribution in [-0.4, -0.2) is 35.6 Å². The molecule has 1 rings (SSSR count). The molecule has 0 aromatic carbocycles. The Morgan fingerprint density at radius 2 is 1.83 bits per heavy atom.